The van der Waals surface area contributed by atoms with Crippen molar-refractivity contribution in [2.45, 2.75) is 32.7 Å². The number of benzene rings is 1. The van der Waals surface area contributed by atoms with E-state index in [1.807, 2.05) is 43.6 Å². The van der Waals surface area contributed by atoms with Crippen LogP contribution in [0.3, 0.4) is 0 Å². The maximum absolute atomic E-state index is 10.4. The largest absolute Gasteiger partial charge is 0.388 e. The van der Waals surface area contributed by atoms with Gasteiger partial charge in [-0.15, -0.1) is 0 Å². The van der Waals surface area contributed by atoms with Crippen molar-refractivity contribution >= 4 is 12.0 Å². The Morgan fingerprint density at radius 2 is 1.77 bits per heavy atom. The van der Waals surface area contributed by atoms with Crippen molar-refractivity contribution in [2.75, 3.05) is 25.5 Å². The van der Waals surface area contributed by atoms with Crippen molar-refractivity contribution in [1.82, 2.24) is 14.9 Å². The van der Waals surface area contributed by atoms with E-state index in [4.69, 9.17) is 0 Å². The van der Waals surface area contributed by atoms with Crippen molar-refractivity contribution in [3.8, 4) is 11.3 Å². The highest BCUT2D eigenvalue weighted by molar-refractivity contribution is 5.71. The molecule has 0 spiro atoms. The van der Waals surface area contributed by atoms with Gasteiger partial charge in [0.05, 0.1) is 5.69 Å². The molecule has 1 N–H and O–H groups in total. The van der Waals surface area contributed by atoms with Crippen LogP contribution >= 0.6 is 0 Å². The van der Waals surface area contributed by atoms with Crippen LogP contribution in [0.25, 0.3) is 11.3 Å². The summed E-state index contributed by atoms with van der Waals surface area (Å²) in [6, 6.07) is 16.0. The molecule has 4 rings (SSSR count). The molecule has 1 saturated heterocycles. The highest BCUT2D eigenvalue weighted by Gasteiger charge is 2.10. The van der Waals surface area contributed by atoms with Crippen LogP contribution in [0.4, 0.5) is 5.69 Å². The Labute approximate surface area is 179 Å². The van der Waals surface area contributed by atoms with Crippen molar-refractivity contribution < 1.29 is 4.79 Å². The Bertz CT molecular complexity index is 920. The highest BCUT2D eigenvalue weighted by atomic mass is 16.1. The maximum atomic E-state index is 10.4. The van der Waals surface area contributed by atoms with E-state index < -0.39 is 0 Å². The fraction of sp³-hybridized carbons (Fsp3) is 0.320. The number of likely N-dealkylation sites (tertiary alicyclic amines) is 1. The van der Waals surface area contributed by atoms with Gasteiger partial charge in [0.15, 0.2) is 6.29 Å². The summed E-state index contributed by atoms with van der Waals surface area (Å²) in [5.41, 5.74) is 6.23. The van der Waals surface area contributed by atoms with E-state index >= 15 is 0 Å². The highest BCUT2D eigenvalue weighted by Crippen LogP contribution is 2.25. The van der Waals surface area contributed by atoms with Crippen LogP contribution in [-0.2, 0) is 6.54 Å². The number of pyridine rings is 2. The second-order valence-electron chi connectivity index (χ2n) is 7.49. The molecule has 0 unspecified atom stereocenters. The van der Waals surface area contributed by atoms with Gasteiger partial charge in [-0.05, 0) is 56.1 Å². The lowest BCUT2D eigenvalue weighted by atomic mass is 10.1. The lowest BCUT2D eigenvalue weighted by Gasteiger charge is -2.26. The van der Waals surface area contributed by atoms with Gasteiger partial charge in [0.1, 0.15) is 5.69 Å². The first-order valence-electron chi connectivity index (χ1n) is 10.5. The van der Waals surface area contributed by atoms with Crippen LogP contribution < -0.4 is 5.32 Å². The third-order valence-corrected chi connectivity index (χ3v) is 5.34. The van der Waals surface area contributed by atoms with Crippen molar-refractivity contribution in [1.29, 1.82) is 0 Å². The van der Waals surface area contributed by atoms with Crippen LogP contribution in [0.2, 0.25) is 0 Å². The second-order valence-corrected chi connectivity index (χ2v) is 7.49. The van der Waals surface area contributed by atoms with E-state index in [0.29, 0.717) is 5.69 Å². The number of nitrogens with zero attached hydrogens (tertiary/aromatic N) is 3. The average Bonchev–Trinajstić information content (AvgIpc) is 2.81. The number of hydrogen-bond donors (Lipinski definition) is 1. The summed E-state index contributed by atoms with van der Waals surface area (Å²) in [6.07, 6.45) is 8.39. The third-order valence-electron chi connectivity index (χ3n) is 5.34. The van der Waals surface area contributed by atoms with Crippen LogP contribution in [0.15, 0.2) is 60.9 Å². The molecule has 0 radical (unpaired) electrons. The Hall–Kier alpha value is -3.05. The van der Waals surface area contributed by atoms with Crippen molar-refractivity contribution in [3.05, 3.63) is 77.7 Å². The Kier molecular flexibility index (Phi) is 8.10. The van der Waals surface area contributed by atoms with Gasteiger partial charge >= 0.3 is 0 Å². The summed E-state index contributed by atoms with van der Waals surface area (Å²) in [4.78, 5) is 21.4. The first-order valence-corrected chi connectivity index (χ1v) is 10.5. The van der Waals surface area contributed by atoms with E-state index in [1.165, 1.54) is 43.5 Å². The minimum Gasteiger partial charge on any atom is -0.388 e. The molecular formula is C25H30N4O. The van der Waals surface area contributed by atoms with E-state index in [1.54, 1.807) is 12.3 Å². The van der Waals surface area contributed by atoms with Gasteiger partial charge in [-0.2, -0.15) is 0 Å². The first-order chi connectivity index (χ1) is 14.7. The van der Waals surface area contributed by atoms with Crippen LogP contribution in [0, 0.1) is 6.92 Å². The zero-order valence-corrected chi connectivity index (χ0v) is 17.8. The quantitative estimate of drug-likeness (QED) is 0.610. The van der Waals surface area contributed by atoms with Crippen LogP contribution in [0.1, 0.15) is 40.9 Å². The van der Waals surface area contributed by atoms with Gasteiger partial charge in [0, 0.05) is 37.2 Å². The molecule has 5 nitrogen and oxygen atoms in total. The molecule has 0 atom stereocenters. The molecule has 1 aliphatic rings. The first kappa shape index (κ1) is 21.7. The molecule has 1 aromatic carbocycles. The summed E-state index contributed by atoms with van der Waals surface area (Å²) in [5, 5.41) is 3.17. The zero-order chi connectivity index (χ0) is 21.2. The summed E-state index contributed by atoms with van der Waals surface area (Å²) in [6.45, 7) is 5.43. The number of aldehydes is 1. The van der Waals surface area contributed by atoms with E-state index in [9.17, 15) is 4.79 Å². The standard InChI is InChI=1S/C13H14N2.C12H16N2O/c1-10-12(14-2)8-9-15-13(10)11-6-4-3-5-7-11;15-10-12-5-4-11(8-13-12)9-14-6-2-1-3-7-14/h3-9H,1-2H3,(H,14,15);4-5,8,10H,1-3,6-7,9H2. The van der Waals surface area contributed by atoms with Crippen molar-refractivity contribution in [2.24, 2.45) is 0 Å². The monoisotopic (exact) mass is 402 g/mol. The number of hydrogen-bond acceptors (Lipinski definition) is 5. The minimum atomic E-state index is 0.511. The fourth-order valence-corrected chi connectivity index (χ4v) is 3.67. The number of carbonyl (C=O) groups excluding carboxylic acids is 1. The van der Waals surface area contributed by atoms with Gasteiger partial charge in [-0.3, -0.25) is 19.7 Å². The number of anilines is 1. The second kappa shape index (κ2) is 11.2. The maximum Gasteiger partial charge on any atom is 0.168 e. The number of nitrogens with one attached hydrogen (secondary N) is 1. The Balaban J connectivity index is 0.000000171. The normalized spacial score (nSPS) is 13.8. The molecule has 1 aliphatic heterocycles. The molecule has 1 fully saturated rings. The van der Waals surface area contributed by atoms with Gasteiger partial charge < -0.3 is 5.32 Å². The Morgan fingerprint density at radius 3 is 2.40 bits per heavy atom. The van der Waals surface area contributed by atoms with Gasteiger partial charge in [-0.1, -0.05) is 42.8 Å². The molecular weight excluding hydrogens is 372 g/mol. The predicted octanol–water partition coefficient (Wildman–Crippen LogP) is 4.98. The summed E-state index contributed by atoms with van der Waals surface area (Å²) < 4.78 is 0. The number of carbonyl (C=O) groups is 1. The summed E-state index contributed by atoms with van der Waals surface area (Å²) >= 11 is 0. The van der Waals surface area contributed by atoms with E-state index in [0.717, 1.165) is 29.8 Å². The molecule has 156 valence electrons. The number of aromatic nitrogens is 2. The summed E-state index contributed by atoms with van der Waals surface area (Å²) in [5.74, 6) is 0. The molecule has 0 amide bonds. The summed E-state index contributed by atoms with van der Waals surface area (Å²) in [7, 11) is 1.93. The lowest BCUT2D eigenvalue weighted by molar-refractivity contribution is 0.111. The number of rotatable bonds is 5. The molecule has 0 bridgehead atoms. The van der Waals surface area contributed by atoms with Crippen molar-refractivity contribution in [3.63, 3.8) is 0 Å². The Morgan fingerprint density at radius 1 is 1.00 bits per heavy atom. The predicted molar refractivity (Wildman–Crippen MR) is 123 cm³/mol. The number of piperidine rings is 1. The van der Waals surface area contributed by atoms with Gasteiger partial charge in [0.2, 0.25) is 0 Å². The molecule has 2 aromatic heterocycles. The van der Waals surface area contributed by atoms with Crippen LogP contribution in [-0.4, -0.2) is 41.3 Å². The minimum absolute atomic E-state index is 0.511. The third kappa shape index (κ3) is 5.97. The molecule has 3 aromatic rings. The smallest absolute Gasteiger partial charge is 0.168 e. The van der Waals surface area contributed by atoms with E-state index in [-0.39, 0.29) is 0 Å². The SMILES string of the molecule is CNc1ccnc(-c2ccccc2)c1C.O=Cc1ccc(CN2CCCCC2)cn1. The molecule has 30 heavy (non-hydrogen) atoms. The average molecular weight is 403 g/mol. The lowest BCUT2D eigenvalue weighted by Crippen LogP contribution is -2.29. The van der Waals surface area contributed by atoms with E-state index in [2.05, 4.69) is 39.2 Å². The topological polar surface area (TPSA) is 58.1 Å². The van der Waals surface area contributed by atoms with Crippen LogP contribution in [0.5, 0.6) is 0 Å². The van der Waals surface area contributed by atoms with Gasteiger partial charge in [-0.25, -0.2) is 0 Å². The fourth-order valence-electron chi connectivity index (χ4n) is 3.67. The molecule has 5 heteroatoms. The zero-order valence-electron chi connectivity index (χ0n) is 17.8. The molecule has 0 saturated carbocycles. The van der Waals surface area contributed by atoms with Gasteiger partial charge in [0.25, 0.3) is 0 Å². The molecule has 0 aliphatic carbocycles. The molecule has 3 heterocycles.